The molecule has 2 heterocycles. The molecule has 2 atom stereocenters. The van der Waals surface area contributed by atoms with E-state index in [9.17, 15) is 8.78 Å². The number of nitrogens with zero attached hydrogens (tertiary/aromatic N) is 1. The Bertz CT molecular complexity index is 917. The lowest BCUT2D eigenvalue weighted by Gasteiger charge is -2.40. The molecule has 0 bridgehead atoms. The van der Waals surface area contributed by atoms with Crippen LogP contribution in [0, 0.1) is 19.8 Å². The maximum atomic E-state index is 13.4. The van der Waals surface area contributed by atoms with Gasteiger partial charge in [0, 0.05) is 35.6 Å². The first-order valence-corrected chi connectivity index (χ1v) is 9.68. The van der Waals surface area contributed by atoms with Gasteiger partial charge in [-0.25, -0.2) is 8.78 Å². The van der Waals surface area contributed by atoms with Crippen molar-refractivity contribution in [2.24, 2.45) is 5.92 Å². The van der Waals surface area contributed by atoms with Crippen molar-refractivity contribution in [2.75, 3.05) is 6.54 Å². The number of H-pyrrole nitrogens is 1. The highest BCUT2D eigenvalue weighted by Crippen LogP contribution is 2.39. The Hall–Kier alpha value is -2.20. The highest BCUT2D eigenvalue weighted by Gasteiger charge is 2.34. The first kappa shape index (κ1) is 18.2. The monoisotopic (exact) mass is 368 g/mol. The molecule has 142 valence electrons. The van der Waals surface area contributed by atoms with E-state index in [2.05, 4.69) is 48.0 Å². The summed E-state index contributed by atoms with van der Waals surface area (Å²) < 4.78 is 26.8. The predicted octanol–water partition coefficient (Wildman–Crippen LogP) is 6.00. The number of aromatic nitrogens is 1. The van der Waals surface area contributed by atoms with Gasteiger partial charge < -0.3 is 4.98 Å². The van der Waals surface area contributed by atoms with Crippen molar-refractivity contribution in [3.63, 3.8) is 0 Å². The molecular weight excluding hydrogens is 342 g/mol. The number of hydrogen-bond acceptors (Lipinski definition) is 1. The number of fused-ring (bicyclic) bond motifs is 1. The number of piperidine rings is 1. The lowest BCUT2D eigenvalue weighted by Crippen LogP contribution is -2.38. The van der Waals surface area contributed by atoms with Crippen molar-refractivity contribution in [2.45, 2.75) is 45.7 Å². The van der Waals surface area contributed by atoms with E-state index >= 15 is 0 Å². The molecule has 0 aliphatic carbocycles. The van der Waals surface area contributed by atoms with Crippen LogP contribution in [0.1, 0.15) is 41.1 Å². The minimum Gasteiger partial charge on any atom is -0.361 e. The van der Waals surface area contributed by atoms with Crippen LogP contribution in [-0.2, 0) is 6.54 Å². The lowest BCUT2D eigenvalue weighted by atomic mass is 9.86. The fourth-order valence-electron chi connectivity index (χ4n) is 4.54. The second-order valence-corrected chi connectivity index (χ2v) is 7.77. The van der Waals surface area contributed by atoms with Crippen LogP contribution in [0.4, 0.5) is 8.78 Å². The topological polar surface area (TPSA) is 19.0 Å². The molecule has 0 radical (unpaired) electrons. The summed E-state index contributed by atoms with van der Waals surface area (Å²) >= 11 is 0. The minimum atomic E-state index is -2.24. The molecule has 0 saturated carbocycles. The average Bonchev–Trinajstić information content (AvgIpc) is 3.16. The summed E-state index contributed by atoms with van der Waals surface area (Å²) in [6.07, 6.45) is 0.819. The Labute approximate surface area is 159 Å². The number of aryl methyl sites for hydroxylation is 2. The van der Waals surface area contributed by atoms with Crippen LogP contribution in [0.15, 0.2) is 48.7 Å². The number of likely N-dealkylation sites (tertiary alicyclic amines) is 1. The van der Waals surface area contributed by atoms with Gasteiger partial charge in [0.25, 0.3) is 0 Å². The van der Waals surface area contributed by atoms with Crippen LogP contribution in [0.2, 0.25) is 0 Å². The zero-order valence-corrected chi connectivity index (χ0v) is 15.9. The lowest BCUT2D eigenvalue weighted by molar-refractivity contribution is 0.00736. The van der Waals surface area contributed by atoms with E-state index in [1.807, 2.05) is 24.4 Å². The molecule has 2 nitrogen and oxygen atoms in total. The van der Waals surface area contributed by atoms with Gasteiger partial charge in [-0.15, -0.1) is 0 Å². The number of benzene rings is 2. The van der Waals surface area contributed by atoms with E-state index in [0.29, 0.717) is 19.4 Å². The highest BCUT2D eigenvalue weighted by molar-refractivity contribution is 5.86. The van der Waals surface area contributed by atoms with Crippen molar-refractivity contribution in [3.8, 4) is 0 Å². The van der Waals surface area contributed by atoms with Gasteiger partial charge in [0.1, 0.15) is 0 Å². The molecule has 4 heteroatoms. The summed E-state index contributed by atoms with van der Waals surface area (Å²) in [5, 5.41) is 1.25. The van der Waals surface area contributed by atoms with Crippen molar-refractivity contribution < 1.29 is 8.78 Å². The fraction of sp³-hybridized carbons (Fsp3) is 0.391. The molecule has 27 heavy (non-hydrogen) atoms. The van der Waals surface area contributed by atoms with Crippen molar-refractivity contribution in [1.29, 1.82) is 0 Å². The SMILES string of the molecule is Cc1cc(C)c2[nH]ccc2c1CN1CCC(C(F)F)CC1c1ccccc1. The maximum Gasteiger partial charge on any atom is 0.241 e. The maximum absolute atomic E-state index is 13.4. The predicted molar refractivity (Wildman–Crippen MR) is 106 cm³/mol. The van der Waals surface area contributed by atoms with Gasteiger partial charge >= 0.3 is 0 Å². The molecule has 1 fully saturated rings. The number of halogens is 2. The van der Waals surface area contributed by atoms with Crippen LogP contribution < -0.4 is 0 Å². The van der Waals surface area contributed by atoms with E-state index in [0.717, 1.165) is 12.1 Å². The molecule has 1 N–H and O–H groups in total. The van der Waals surface area contributed by atoms with Crippen molar-refractivity contribution >= 4 is 10.9 Å². The largest absolute Gasteiger partial charge is 0.361 e. The third kappa shape index (κ3) is 3.51. The molecule has 4 rings (SSSR count). The third-order valence-corrected chi connectivity index (χ3v) is 6.03. The van der Waals surface area contributed by atoms with Crippen molar-refractivity contribution in [1.82, 2.24) is 9.88 Å². The van der Waals surface area contributed by atoms with E-state index in [4.69, 9.17) is 0 Å². The van der Waals surface area contributed by atoms with E-state index in [1.165, 1.54) is 27.6 Å². The Balaban J connectivity index is 1.69. The summed E-state index contributed by atoms with van der Waals surface area (Å²) in [5.41, 5.74) is 6.12. The second kappa shape index (κ2) is 7.43. The molecule has 1 aromatic heterocycles. The van der Waals surface area contributed by atoms with E-state index in [-0.39, 0.29) is 6.04 Å². The third-order valence-electron chi connectivity index (χ3n) is 6.03. The van der Waals surface area contributed by atoms with E-state index in [1.54, 1.807) is 0 Å². The van der Waals surface area contributed by atoms with Crippen LogP contribution in [0.25, 0.3) is 10.9 Å². The molecule has 1 saturated heterocycles. The summed E-state index contributed by atoms with van der Waals surface area (Å²) in [6.45, 7) is 5.76. The van der Waals surface area contributed by atoms with Crippen LogP contribution in [0.5, 0.6) is 0 Å². The molecule has 1 aliphatic heterocycles. The number of alkyl halides is 2. The highest BCUT2D eigenvalue weighted by atomic mass is 19.3. The standard InChI is InChI=1S/C23H26F2N2/c1-15-12-16(2)22-19(8-10-26-22)20(15)14-27-11-9-18(23(24)25)13-21(27)17-6-4-3-5-7-17/h3-8,10,12,18,21,23,26H,9,11,13-14H2,1-2H3. The quantitative estimate of drug-likeness (QED) is 0.598. The first-order chi connectivity index (χ1) is 13.0. The molecule has 2 unspecified atom stereocenters. The average molecular weight is 368 g/mol. The molecule has 2 aromatic carbocycles. The molecule has 0 amide bonds. The van der Waals surface area contributed by atoms with Gasteiger partial charge in [-0.05, 0) is 61.6 Å². The van der Waals surface area contributed by atoms with Gasteiger partial charge in [0.05, 0.1) is 0 Å². The summed E-state index contributed by atoms with van der Waals surface area (Å²) in [5.74, 6) is -0.516. The summed E-state index contributed by atoms with van der Waals surface area (Å²) in [6, 6.07) is 14.5. The van der Waals surface area contributed by atoms with Gasteiger partial charge in [-0.2, -0.15) is 0 Å². The Kier molecular flexibility index (Phi) is 5.00. The minimum absolute atomic E-state index is 0.0358. The summed E-state index contributed by atoms with van der Waals surface area (Å²) in [4.78, 5) is 5.73. The molecule has 3 aromatic rings. The molecular formula is C23H26F2N2. The zero-order chi connectivity index (χ0) is 19.0. The van der Waals surface area contributed by atoms with Gasteiger partial charge in [0.15, 0.2) is 0 Å². The van der Waals surface area contributed by atoms with Crippen LogP contribution >= 0.6 is 0 Å². The first-order valence-electron chi connectivity index (χ1n) is 9.68. The van der Waals surface area contributed by atoms with Gasteiger partial charge in [-0.3, -0.25) is 4.90 Å². The van der Waals surface area contributed by atoms with Gasteiger partial charge in [0.2, 0.25) is 6.43 Å². The van der Waals surface area contributed by atoms with Crippen LogP contribution in [0.3, 0.4) is 0 Å². The number of nitrogens with one attached hydrogen (secondary N) is 1. The zero-order valence-electron chi connectivity index (χ0n) is 15.9. The van der Waals surface area contributed by atoms with Crippen LogP contribution in [-0.4, -0.2) is 22.9 Å². The van der Waals surface area contributed by atoms with Gasteiger partial charge in [-0.1, -0.05) is 36.4 Å². The Morgan fingerprint density at radius 1 is 1.11 bits per heavy atom. The molecule has 0 spiro atoms. The number of aromatic amines is 1. The van der Waals surface area contributed by atoms with E-state index < -0.39 is 12.3 Å². The Morgan fingerprint density at radius 3 is 2.63 bits per heavy atom. The smallest absolute Gasteiger partial charge is 0.241 e. The fourth-order valence-corrected chi connectivity index (χ4v) is 4.54. The van der Waals surface area contributed by atoms with Crippen molar-refractivity contribution in [3.05, 3.63) is 70.9 Å². The Morgan fingerprint density at radius 2 is 1.89 bits per heavy atom. The number of rotatable bonds is 4. The molecule has 1 aliphatic rings. The summed E-state index contributed by atoms with van der Waals surface area (Å²) in [7, 11) is 0. The number of hydrogen-bond donors (Lipinski definition) is 1. The normalized spacial score (nSPS) is 21.2. The second-order valence-electron chi connectivity index (χ2n) is 7.77.